The summed E-state index contributed by atoms with van der Waals surface area (Å²) in [7, 11) is 3.14. The van der Waals surface area contributed by atoms with E-state index in [2.05, 4.69) is 12.2 Å². The maximum absolute atomic E-state index is 12.1. The number of benzene rings is 1. The summed E-state index contributed by atoms with van der Waals surface area (Å²) in [6.45, 7) is 4.05. The van der Waals surface area contributed by atoms with Crippen molar-refractivity contribution in [2.45, 2.75) is 32.7 Å². The van der Waals surface area contributed by atoms with Gasteiger partial charge in [-0.15, -0.1) is 0 Å². The molecule has 0 spiro atoms. The van der Waals surface area contributed by atoms with Gasteiger partial charge >= 0.3 is 0 Å². The van der Waals surface area contributed by atoms with Crippen molar-refractivity contribution in [1.82, 2.24) is 10.2 Å². The van der Waals surface area contributed by atoms with Crippen LogP contribution in [0.4, 0.5) is 0 Å². The Morgan fingerprint density at radius 1 is 1.17 bits per heavy atom. The molecule has 1 fully saturated rings. The van der Waals surface area contributed by atoms with Gasteiger partial charge in [0.1, 0.15) is 6.42 Å². The minimum Gasteiger partial charge on any atom is -0.493 e. The Morgan fingerprint density at radius 2 is 1.83 bits per heavy atom. The molecule has 0 atom stereocenters. The van der Waals surface area contributed by atoms with Crippen molar-refractivity contribution in [1.29, 1.82) is 0 Å². The summed E-state index contributed by atoms with van der Waals surface area (Å²) in [6.07, 6.45) is 1.93. The number of piperidine rings is 1. The fourth-order valence-electron chi connectivity index (χ4n) is 2.76. The van der Waals surface area contributed by atoms with Crippen molar-refractivity contribution in [3.8, 4) is 11.5 Å². The molecule has 2 amide bonds. The average molecular weight is 334 g/mol. The van der Waals surface area contributed by atoms with Crippen molar-refractivity contribution in [2.24, 2.45) is 5.92 Å². The van der Waals surface area contributed by atoms with Crippen LogP contribution in [0.1, 0.15) is 31.7 Å². The van der Waals surface area contributed by atoms with Gasteiger partial charge in [-0.05, 0) is 36.5 Å². The van der Waals surface area contributed by atoms with Gasteiger partial charge in [-0.2, -0.15) is 0 Å². The van der Waals surface area contributed by atoms with Crippen LogP contribution in [0.3, 0.4) is 0 Å². The van der Waals surface area contributed by atoms with Gasteiger partial charge < -0.3 is 19.7 Å². The van der Waals surface area contributed by atoms with E-state index in [1.54, 1.807) is 25.2 Å². The van der Waals surface area contributed by atoms with Crippen molar-refractivity contribution in [3.63, 3.8) is 0 Å². The Balaban J connectivity index is 1.81. The van der Waals surface area contributed by atoms with Crippen LogP contribution in [0.25, 0.3) is 0 Å². The molecule has 0 aliphatic carbocycles. The van der Waals surface area contributed by atoms with Crippen LogP contribution in [0.2, 0.25) is 0 Å². The molecular formula is C18H26N2O4. The second-order valence-corrected chi connectivity index (χ2v) is 6.21. The molecule has 1 heterocycles. The van der Waals surface area contributed by atoms with E-state index in [-0.39, 0.29) is 18.2 Å². The predicted molar refractivity (Wildman–Crippen MR) is 91.0 cm³/mol. The first-order chi connectivity index (χ1) is 11.5. The number of carbonyl (C=O) groups is 2. The highest BCUT2D eigenvalue weighted by atomic mass is 16.5. The van der Waals surface area contributed by atoms with Crippen molar-refractivity contribution in [3.05, 3.63) is 23.8 Å². The zero-order valence-corrected chi connectivity index (χ0v) is 14.6. The minimum absolute atomic E-state index is 0.0910. The molecular weight excluding hydrogens is 308 g/mol. The van der Waals surface area contributed by atoms with Crippen LogP contribution in [-0.4, -0.2) is 44.0 Å². The largest absolute Gasteiger partial charge is 0.493 e. The third-order valence-corrected chi connectivity index (χ3v) is 4.39. The Hall–Kier alpha value is -2.24. The van der Waals surface area contributed by atoms with E-state index >= 15 is 0 Å². The molecule has 0 unspecified atom stereocenters. The van der Waals surface area contributed by atoms with E-state index < -0.39 is 0 Å². The van der Waals surface area contributed by atoms with Gasteiger partial charge in [-0.25, -0.2) is 0 Å². The first kappa shape index (κ1) is 18.1. The van der Waals surface area contributed by atoms with Crippen LogP contribution < -0.4 is 14.8 Å². The SMILES string of the molecule is COc1ccc(CNC(=O)CC(=O)N2CCC(C)CC2)cc1OC. The maximum Gasteiger partial charge on any atom is 0.232 e. The third-order valence-electron chi connectivity index (χ3n) is 4.39. The van der Waals surface area contributed by atoms with Gasteiger partial charge in [-0.1, -0.05) is 13.0 Å². The van der Waals surface area contributed by atoms with Crippen LogP contribution in [-0.2, 0) is 16.1 Å². The number of ether oxygens (including phenoxy) is 2. The zero-order valence-electron chi connectivity index (χ0n) is 14.6. The summed E-state index contributed by atoms with van der Waals surface area (Å²) >= 11 is 0. The van der Waals surface area contributed by atoms with Gasteiger partial charge in [0, 0.05) is 19.6 Å². The molecule has 2 rings (SSSR count). The predicted octanol–water partition coefficient (Wildman–Crippen LogP) is 1.97. The smallest absolute Gasteiger partial charge is 0.232 e. The summed E-state index contributed by atoms with van der Waals surface area (Å²) in [5.41, 5.74) is 0.889. The van der Waals surface area contributed by atoms with E-state index in [1.807, 2.05) is 12.1 Å². The summed E-state index contributed by atoms with van der Waals surface area (Å²) in [6, 6.07) is 5.46. The molecule has 132 valence electrons. The summed E-state index contributed by atoms with van der Waals surface area (Å²) in [5, 5.41) is 2.78. The number of carbonyl (C=O) groups excluding carboxylic acids is 2. The van der Waals surface area contributed by atoms with E-state index in [4.69, 9.17) is 9.47 Å². The van der Waals surface area contributed by atoms with Gasteiger partial charge in [0.25, 0.3) is 0 Å². The molecule has 1 aromatic rings. The molecule has 1 aliphatic heterocycles. The Bertz CT molecular complexity index is 580. The Labute approximate surface area is 143 Å². The molecule has 0 aromatic heterocycles. The Kier molecular flexibility index (Phi) is 6.46. The Morgan fingerprint density at radius 3 is 2.46 bits per heavy atom. The molecule has 6 heteroatoms. The lowest BCUT2D eigenvalue weighted by atomic mass is 9.99. The molecule has 0 saturated carbocycles. The highest BCUT2D eigenvalue weighted by molar-refractivity contribution is 5.96. The number of hydrogen-bond donors (Lipinski definition) is 1. The molecule has 1 aliphatic rings. The third kappa shape index (κ3) is 4.88. The summed E-state index contributed by atoms with van der Waals surface area (Å²) < 4.78 is 10.4. The minimum atomic E-state index is -0.256. The monoisotopic (exact) mass is 334 g/mol. The quantitative estimate of drug-likeness (QED) is 0.808. The van der Waals surface area contributed by atoms with Crippen molar-refractivity contribution in [2.75, 3.05) is 27.3 Å². The molecule has 6 nitrogen and oxygen atoms in total. The van der Waals surface area contributed by atoms with Gasteiger partial charge in [0.2, 0.25) is 11.8 Å². The average Bonchev–Trinajstić information content (AvgIpc) is 2.60. The number of rotatable bonds is 6. The second-order valence-electron chi connectivity index (χ2n) is 6.21. The molecule has 1 aromatic carbocycles. The standard InChI is InChI=1S/C18H26N2O4/c1-13-6-8-20(9-7-13)18(22)11-17(21)19-12-14-4-5-15(23-2)16(10-14)24-3/h4-5,10,13H,6-9,11-12H2,1-3H3,(H,19,21). The maximum atomic E-state index is 12.1. The number of methoxy groups -OCH3 is 2. The number of nitrogens with zero attached hydrogens (tertiary/aromatic N) is 1. The second kappa shape index (κ2) is 8.57. The van der Waals surface area contributed by atoms with Crippen LogP contribution >= 0.6 is 0 Å². The molecule has 0 radical (unpaired) electrons. The van der Waals surface area contributed by atoms with E-state index in [9.17, 15) is 9.59 Å². The van der Waals surface area contributed by atoms with E-state index in [0.717, 1.165) is 31.5 Å². The molecule has 1 saturated heterocycles. The van der Waals surface area contributed by atoms with Crippen LogP contribution in [0, 0.1) is 5.92 Å². The van der Waals surface area contributed by atoms with Gasteiger partial charge in [-0.3, -0.25) is 9.59 Å². The normalized spacial score (nSPS) is 15.0. The topological polar surface area (TPSA) is 67.9 Å². The lowest BCUT2D eigenvalue weighted by Gasteiger charge is -2.30. The first-order valence-electron chi connectivity index (χ1n) is 8.29. The molecule has 0 bridgehead atoms. The number of likely N-dealkylation sites (tertiary alicyclic amines) is 1. The first-order valence-corrected chi connectivity index (χ1v) is 8.29. The number of amides is 2. The molecule has 24 heavy (non-hydrogen) atoms. The lowest BCUT2D eigenvalue weighted by molar-refractivity contribution is -0.137. The van der Waals surface area contributed by atoms with E-state index in [0.29, 0.717) is 24.0 Å². The van der Waals surface area contributed by atoms with Gasteiger partial charge in [0.15, 0.2) is 11.5 Å². The summed E-state index contributed by atoms with van der Waals surface area (Å²) in [5.74, 6) is 1.57. The number of hydrogen-bond acceptors (Lipinski definition) is 4. The molecule has 1 N–H and O–H groups in total. The highest BCUT2D eigenvalue weighted by Crippen LogP contribution is 2.27. The van der Waals surface area contributed by atoms with Gasteiger partial charge in [0.05, 0.1) is 14.2 Å². The van der Waals surface area contributed by atoms with Crippen molar-refractivity contribution < 1.29 is 19.1 Å². The number of nitrogens with one attached hydrogen (secondary N) is 1. The van der Waals surface area contributed by atoms with Crippen molar-refractivity contribution >= 4 is 11.8 Å². The summed E-state index contributed by atoms with van der Waals surface area (Å²) in [4.78, 5) is 25.9. The van der Waals surface area contributed by atoms with Crippen LogP contribution in [0.5, 0.6) is 11.5 Å². The zero-order chi connectivity index (χ0) is 17.5. The fourth-order valence-corrected chi connectivity index (χ4v) is 2.76. The fraction of sp³-hybridized carbons (Fsp3) is 0.556. The van der Waals surface area contributed by atoms with Crippen LogP contribution in [0.15, 0.2) is 18.2 Å². The lowest BCUT2D eigenvalue weighted by Crippen LogP contribution is -2.40. The highest BCUT2D eigenvalue weighted by Gasteiger charge is 2.22. The van der Waals surface area contributed by atoms with E-state index in [1.165, 1.54) is 0 Å².